The fourth-order valence-corrected chi connectivity index (χ4v) is 3.13. The molecule has 0 spiro atoms. The second-order valence-electron chi connectivity index (χ2n) is 4.06. The molecular formula is C13H16BrN3S. The van der Waals surface area contributed by atoms with Crippen LogP contribution in [0.5, 0.6) is 0 Å². The van der Waals surface area contributed by atoms with Crippen LogP contribution in [0, 0.1) is 0 Å². The lowest BCUT2D eigenvalue weighted by atomic mass is 10.0. The van der Waals surface area contributed by atoms with Gasteiger partial charge in [-0.25, -0.2) is 4.98 Å². The van der Waals surface area contributed by atoms with Gasteiger partial charge in [0, 0.05) is 22.9 Å². The molecule has 96 valence electrons. The van der Waals surface area contributed by atoms with Crippen molar-refractivity contribution >= 4 is 27.7 Å². The molecule has 1 aromatic heterocycles. The number of rotatable bonds is 5. The van der Waals surface area contributed by atoms with E-state index in [0.29, 0.717) is 0 Å². The van der Waals surface area contributed by atoms with Gasteiger partial charge in [0.05, 0.1) is 5.25 Å². The number of nitrogens with two attached hydrogens (primary N) is 1. The normalized spacial score (nSPS) is 14.4. The Morgan fingerprint density at radius 1 is 1.39 bits per heavy atom. The minimum absolute atomic E-state index is 0.112. The van der Waals surface area contributed by atoms with Crippen LogP contribution in [0.15, 0.2) is 46.3 Å². The molecule has 0 fully saturated rings. The highest BCUT2D eigenvalue weighted by molar-refractivity contribution is 9.10. The summed E-state index contributed by atoms with van der Waals surface area (Å²) in [5.74, 6) is 0. The van der Waals surface area contributed by atoms with E-state index in [1.807, 2.05) is 18.3 Å². The molecule has 0 aliphatic carbocycles. The molecule has 0 radical (unpaired) electrons. The Labute approximate surface area is 120 Å². The van der Waals surface area contributed by atoms with Crippen molar-refractivity contribution in [1.29, 1.82) is 0 Å². The van der Waals surface area contributed by atoms with Crippen LogP contribution in [0.25, 0.3) is 0 Å². The Morgan fingerprint density at radius 2 is 2.11 bits per heavy atom. The highest BCUT2D eigenvalue weighted by atomic mass is 79.9. The number of hydrogen-bond donors (Lipinski definition) is 2. The summed E-state index contributed by atoms with van der Waals surface area (Å²) in [6, 6.07) is 8.43. The predicted molar refractivity (Wildman–Crippen MR) is 79.6 cm³/mol. The Morgan fingerprint density at radius 3 is 2.67 bits per heavy atom. The maximum atomic E-state index is 6.23. The number of H-pyrrole nitrogens is 1. The molecule has 2 rings (SSSR count). The molecule has 18 heavy (non-hydrogen) atoms. The molecule has 1 aromatic carbocycles. The number of halogens is 1. The molecule has 3 N–H and O–H groups in total. The maximum absolute atomic E-state index is 6.23. The number of nitrogens with one attached hydrogen (secondary N) is 1. The summed E-state index contributed by atoms with van der Waals surface area (Å²) in [7, 11) is 0. The van der Waals surface area contributed by atoms with Crippen molar-refractivity contribution in [2.75, 3.05) is 0 Å². The highest BCUT2D eigenvalue weighted by Gasteiger charge is 2.20. The van der Waals surface area contributed by atoms with Crippen LogP contribution in [-0.2, 0) is 0 Å². The largest absolute Gasteiger partial charge is 0.340 e. The van der Waals surface area contributed by atoms with Crippen LogP contribution >= 0.6 is 27.7 Å². The number of thioether (sulfide) groups is 1. The summed E-state index contributed by atoms with van der Waals surface area (Å²) in [5, 5.41) is 1.13. The van der Waals surface area contributed by atoms with Gasteiger partial charge < -0.3 is 10.7 Å². The first kappa shape index (κ1) is 13.6. The molecule has 5 heteroatoms. The summed E-state index contributed by atoms with van der Waals surface area (Å²) >= 11 is 5.13. The van der Waals surface area contributed by atoms with E-state index in [0.717, 1.165) is 16.0 Å². The third-order valence-corrected chi connectivity index (χ3v) is 4.62. The maximum Gasteiger partial charge on any atom is 0.165 e. The number of nitrogens with zero attached hydrogens (tertiary/aromatic N) is 1. The van der Waals surface area contributed by atoms with Crippen LogP contribution in [0.4, 0.5) is 0 Å². The van der Waals surface area contributed by atoms with E-state index in [-0.39, 0.29) is 11.3 Å². The van der Waals surface area contributed by atoms with Gasteiger partial charge in [0.2, 0.25) is 0 Å². The number of benzene rings is 1. The third kappa shape index (κ3) is 3.37. The quantitative estimate of drug-likeness (QED) is 0.823. The van der Waals surface area contributed by atoms with Crippen molar-refractivity contribution in [1.82, 2.24) is 9.97 Å². The van der Waals surface area contributed by atoms with Crippen LogP contribution in [0.1, 0.15) is 24.2 Å². The number of imidazole rings is 1. The molecule has 0 aliphatic rings. The van der Waals surface area contributed by atoms with E-state index < -0.39 is 0 Å². The minimum Gasteiger partial charge on any atom is -0.340 e. The van der Waals surface area contributed by atoms with Gasteiger partial charge in [-0.3, -0.25) is 0 Å². The van der Waals surface area contributed by atoms with Gasteiger partial charge in [-0.15, -0.1) is 0 Å². The lowest BCUT2D eigenvalue weighted by Crippen LogP contribution is -2.25. The van der Waals surface area contributed by atoms with E-state index in [2.05, 4.69) is 45.0 Å². The Hall–Kier alpha value is -0.780. The van der Waals surface area contributed by atoms with Gasteiger partial charge in [0.25, 0.3) is 0 Å². The van der Waals surface area contributed by atoms with Crippen LogP contribution in [-0.4, -0.2) is 16.0 Å². The average molecular weight is 326 g/mol. The van der Waals surface area contributed by atoms with Crippen molar-refractivity contribution < 1.29 is 0 Å². The second kappa shape index (κ2) is 6.41. The van der Waals surface area contributed by atoms with E-state index in [1.165, 1.54) is 5.56 Å². The fourth-order valence-electron chi connectivity index (χ4n) is 1.70. The monoisotopic (exact) mass is 325 g/mol. The molecule has 0 saturated carbocycles. The molecule has 2 atom stereocenters. The summed E-state index contributed by atoms with van der Waals surface area (Å²) in [6.45, 7) is 2.11. The van der Waals surface area contributed by atoms with E-state index in [4.69, 9.17) is 5.73 Å². The second-order valence-corrected chi connectivity index (χ2v) is 6.10. The molecular weight excluding hydrogens is 310 g/mol. The standard InChI is InChI=1S/C13H16BrN3S/c1-2-11(15)12(18-13-16-7-8-17-13)9-3-5-10(14)6-4-9/h3-8,11-12H,2,15H2,1H3,(H,16,17). The van der Waals surface area contributed by atoms with Gasteiger partial charge in [-0.1, -0.05) is 46.7 Å². The number of aromatic nitrogens is 2. The Bertz CT molecular complexity index is 469. The van der Waals surface area contributed by atoms with Crippen molar-refractivity contribution in [2.45, 2.75) is 29.8 Å². The molecule has 0 bridgehead atoms. The molecule has 2 unspecified atom stereocenters. The Balaban J connectivity index is 2.22. The first-order chi connectivity index (χ1) is 8.70. The van der Waals surface area contributed by atoms with Crippen molar-refractivity contribution in [3.63, 3.8) is 0 Å². The van der Waals surface area contributed by atoms with Crippen molar-refractivity contribution in [3.8, 4) is 0 Å². The zero-order valence-corrected chi connectivity index (χ0v) is 12.5. The van der Waals surface area contributed by atoms with Gasteiger partial charge in [0.1, 0.15) is 0 Å². The van der Waals surface area contributed by atoms with Crippen LogP contribution < -0.4 is 5.73 Å². The summed E-state index contributed by atoms with van der Waals surface area (Å²) < 4.78 is 1.08. The first-order valence-corrected chi connectivity index (χ1v) is 7.55. The van der Waals surface area contributed by atoms with E-state index in [9.17, 15) is 0 Å². The third-order valence-electron chi connectivity index (χ3n) is 2.77. The van der Waals surface area contributed by atoms with Crippen LogP contribution in [0.3, 0.4) is 0 Å². The SMILES string of the molecule is CCC(N)C(Sc1ncc[nH]1)c1ccc(Br)cc1. The van der Waals surface area contributed by atoms with E-state index in [1.54, 1.807) is 18.0 Å². The molecule has 0 saturated heterocycles. The lowest BCUT2D eigenvalue weighted by Gasteiger charge is -2.21. The van der Waals surface area contributed by atoms with Crippen molar-refractivity contribution in [3.05, 3.63) is 46.7 Å². The molecule has 1 heterocycles. The first-order valence-electron chi connectivity index (χ1n) is 5.87. The zero-order valence-electron chi connectivity index (χ0n) is 10.1. The molecule has 3 nitrogen and oxygen atoms in total. The molecule has 2 aromatic rings. The summed E-state index contributed by atoms with van der Waals surface area (Å²) in [6.07, 6.45) is 4.53. The molecule has 0 aliphatic heterocycles. The smallest absolute Gasteiger partial charge is 0.165 e. The van der Waals surface area contributed by atoms with Gasteiger partial charge in [0.15, 0.2) is 5.16 Å². The summed E-state index contributed by atoms with van der Waals surface area (Å²) in [5.41, 5.74) is 7.46. The molecule has 0 amide bonds. The van der Waals surface area contributed by atoms with Crippen molar-refractivity contribution in [2.24, 2.45) is 5.73 Å². The number of aromatic amines is 1. The average Bonchev–Trinajstić information content (AvgIpc) is 2.89. The minimum atomic E-state index is 0.112. The Kier molecular flexibility index (Phi) is 4.86. The zero-order chi connectivity index (χ0) is 13.0. The van der Waals surface area contributed by atoms with Gasteiger partial charge in [-0.05, 0) is 24.1 Å². The predicted octanol–water partition coefficient (Wildman–Crippen LogP) is 3.74. The lowest BCUT2D eigenvalue weighted by molar-refractivity contribution is 0.633. The fraction of sp³-hybridized carbons (Fsp3) is 0.308. The van der Waals surface area contributed by atoms with E-state index >= 15 is 0 Å². The summed E-state index contributed by atoms with van der Waals surface area (Å²) in [4.78, 5) is 7.37. The van der Waals surface area contributed by atoms with Gasteiger partial charge >= 0.3 is 0 Å². The van der Waals surface area contributed by atoms with Crippen LogP contribution in [0.2, 0.25) is 0 Å². The van der Waals surface area contributed by atoms with Gasteiger partial charge in [-0.2, -0.15) is 0 Å². The number of hydrogen-bond acceptors (Lipinski definition) is 3. The highest BCUT2D eigenvalue weighted by Crippen LogP contribution is 2.36. The topological polar surface area (TPSA) is 54.7 Å².